The molecular formula is C30H31N3O3. The summed E-state index contributed by atoms with van der Waals surface area (Å²) >= 11 is 0. The second kappa shape index (κ2) is 9.99. The monoisotopic (exact) mass is 481 g/mol. The van der Waals surface area contributed by atoms with Crippen LogP contribution in [-0.4, -0.2) is 55.8 Å². The first-order valence-electron chi connectivity index (χ1n) is 12.3. The predicted octanol–water partition coefficient (Wildman–Crippen LogP) is 4.56. The maximum Gasteiger partial charge on any atom is 0.337 e. The van der Waals surface area contributed by atoms with Gasteiger partial charge in [-0.1, -0.05) is 24.3 Å². The number of nitrogens with zero attached hydrogens (tertiary/aromatic N) is 3. The summed E-state index contributed by atoms with van der Waals surface area (Å²) < 4.78 is 6.63. The Balaban J connectivity index is 1.39. The minimum atomic E-state index is -0.364. The zero-order chi connectivity index (χ0) is 25.2. The Morgan fingerprint density at radius 1 is 0.917 bits per heavy atom. The number of aryl methyl sites for hydroxylation is 1. The van der Waals surface area contributed by atoms with Crippen LogP contribution in [0.1, 0.15) is 21.5 Å². The first-order valence-corrected chi connectivity index (χ1v) is 12.3. The van der Waals surface area contributed by atoms with E-state index in [1.807, 2.05) is 49.5 Å². The van der Waals surface area contributed by atoms with Gasteiger partial charge in [0.2, 0.25) is 0 Å². The molecule has 184 valence electrons. The molecule has 4 aromatic rings. The van der Waals surface area contributed by atoms with Crippen molar-refractivity contribution in [2.24, 2.45) is 0 Å². The van der Waals surface area contributed by atoms with Crippen molar-refractivity contribution in [1.82, 2.24) is 9.47 Å². The topological polar surface area (TPSA) is 54.8 Å². The van der Waals surface area contributed by atoms with Crippen molar-refractivity contribution in [3.05, 3.63) is 100.0 Å². The summed E-state index contributed by atoms with van der Waals surface area (Å²) in [5, 5.41) is 1.55. The van der Waals surface area contributed by atoms with E-state index >= 15 is 0 Å². The fraction of sp³-hybridized carbons (Fsp3) is 0.267. The third-order valence-corrected chi connectivity index (χ3v) is 7.10. The first kappa shape index (κ1) is 23.8. The molecule has 1 aromatic heterocycles. The molecule has 0 unspecified atom stereocenters. The maximum absolute atomic E-state index is 13.3. The van der Waals surface area contributed by atoms with Gasteiger partial charge in [-0.15, -0.1) is 0 Å². The molecule has 0 amide bonds. The number of pyridine rings is 1. The number of anilines is 1. The third kappa shape index (κ3) is 4.77. The van der Waals surface area contributed by atoms with Crippen LogP contribution >= 0.6 is 0 Å². The number of fused-ring (bicyclic) bond motifs is 1. The van der Waals surface area contributed by atoms with Crippen LogP contribution in [0.4, 0.5) is 5.69 Å². The van der Waals surface area contributed by atoms with Crippen LogP contribution < -0.4 is 10.5 Å². The Bertz CT molecular complexity index is 1470. The second-order valence-electron chi connectivity index (χ2n) is 9.53. The number of methoxy groups -OCH3 is 1. The quantitative estimate of drug-likeness (QED) is 0.391. The van der Waals surface area contributed by atoms with E-state index in [0.29, 0.717) is 17.5 Å². The number of benzene rings is 3. The minimum Gasteiger partial charge on any atom is -0.465 e. The highest BCUT2D eigenvalue weighted by Gasteiger charge is 2.14. The smallest absolute Gasteiger partial charge is 0.337 e. The molecule has 1 saturated heterocycles. The second-order valence-corrected chi connectivity index (χ2v) is 9.53. The highest BCUT2D eigenvalue weighted by molar-refractivity contribution is 5.93. The molecular weight excluding hydrogens is 450 g/mol. The highest BCUT2D eigenvalue weighted by atomic mass is 16.5. The molecule has 36 heavy (non-hydrogen) atoms. The van der Waals surface area contributed by atoms with Crippen LogP contribution in [0, 0.1) is 6.92 Å². The molecule has 0 atom stereocenters. The maximum atomic E-state index is 13.3. The molecule has 5 rings (SSSR count). The van der Waals surface area contributed by atoms with E-state index in [1.165, 1.54) is 12.8 Å². The number of hydrogen-bond acceptors (Lipinski definition) is 5. The van der Waals surface area contributed by atoms with Gasteiger partial charge in [-0.05, 0) is 84.1 Å². The van der Waals surface area contributed by atoms with Gasteiger partial charge in [0.15, 0.2) is 0 Å². The molecule has 2 heterocycles. The third-order valence-electron chi connectivity index (χ3n) is 7.10. The summed E-state index contributed by atoms with van der Waals surface area (Å²) in [5.41, 5.74) is 5.79. The van der Waals surface area contributed by atoms with Gasteiger partial charge in [-0.25, -0.2) is 4.79 Å². The average molecular weight is 482 g/mol. The minimum absolute atomic E-state index is 0.0118. The molecule has 1 fully saturated rings. The van der Waals surface area contributed by atoms with E-state index in [4.69, 9.17) is 4.74 Å². The number of likely N-dealkylation sites (N-methyl/N-ethyl adjacent to an activating group) is 1. The van der Waals surface area contributed by atoms with Crippen molar-refractivity contribution in [3.63, 3.8) is 0 Å². The van der Waals surface area contributed by atoms with E-state index in [1.54, 1.807) is 10.6 Å². The van der Waals surface area contributed by atoms with Gasteiger partial charge in [-0.2, -0.15) is 0 Å². The Labute approximate surface area is 211 Å². The van der Waals surface area contributed by atoms with Crippen molar-refractivity contribution in [3.8, 4) is 11.1 Å². The SMILES string of the molecule is COC(=O)c1ccc(C)c(-c2ccc3c(=O)n(Cc4ccc(N5CCN(C)CC5)cc4)ccc3c2)c1. The summed E-state index contributed by atoms with van der Waals surface area (Å²) in [7, 11) is 3.54. The van der Waals surface area contributed by atoms with E-state index in [-0.39, 0.29) is 11.5 Å². The Morgan fingerprint density at radius 2 is 1.67 bits per heavy atom. The van der Waals surface area contributed by atoms with Gasteiger partial charge in [0.1, 0.15) is 0 Å². The summed E-state index contributed by atoms with van der Waals surface area (Å²) in [4.78, 5) is 30.0. The lowest BCUT2D eigenvalue weighted by Crippen LogP contribution is -2.44. The zero-order valence-electron chi connectivity index (χ0n) is 21.0. The number of hydrogen-bond donors (Lipinski definition) is 0. The molecule has 6 nitrogen and oxygen atoms in total. The van der Waals surface area contributed by atoms with Gasteiger partial charge >= 0.3 is 5.97 Å². The Kier molecular flexibility index (Phi) is 6.61. The zero-order valence-corrected chi connectivity index (χ0v) is 21.0. The molecule has 6 heteroatoms. The van der Waals surface area contributed by atoms with Gasteiger partial charge in [-0.3, -0.25) is 4.79 Å². The number of carbonyl (C=O) groups excluding carboxylic acids is 1. The Hall–Kier alpha value is -3.90. The molecule has 3 aromatic carbocycles. The predicted molar refractivity (Wildman–Crippen MR) is 145 cm³/mol. The molecule has 0 radical (unpaired) electrons. The van der Waals surface area contributed by atoms with Crippen molar-refractivity contribution in [2.45, 2.75) is 13.5 Å². The van der Waals surface area contributed by atoms with E-state index in [9.17, 15) is 9.59 Å². The molecule has 0 bridgehead atoms. The van der Waals surface area contributed by atoms with Gasteiger partial charge < -0.3 is 19.1 Å². The van der Waals surface area contributed by atoms with Crippen molar-refractivity contribution in [1.29, 1.82) is 0 Å². The van der Waals surface area contributed by atoms with Gasteiger partial charge in [0.05, 0.1) is 19.2 Å². The average Bonchev–Trinajstić information content (AvgIpc) is 2.91. The lowest BCUT2D eigenvalue weighted by Gasteiger charge is -2.34. The van der Waals surface area contributed by atoms with E-state index < -0.39 is 0 Å². The number of rotatable bonds is 5. The van der Waals surface area contributed by atoms with Gasteiger partial charge in [0, 0.05) is 43.4 Å². The lowest BCUT2D eigenvalue weighted by atomic mass is 9.96. The van der Waals surface area contributed by atoms with Crippen molar-refractivity contribution < 1.29 is 9.53 Å². The number of carbonyl (C=O) groups is 1. The van der Waals surface area contributed by atoms with Crippen molar-refractivity contribution in [2.75, 3.05) is 45.2 Å². The lowest BCUT2D eigenvalue weighted by molar-refractivity contribution is 0.0601. The first-order chi connectivity index (χ1) is 17.4. The summed E-state index contributed by atoms with van der Waals surface area (Å²) in [6.45, 7) is 6.76. The van der Waals surface area contributed by atoms with Crippen LogP contribution in [-0.2, 0) is 11.3 Å². The highest BCUT2D eigenvalue weighted by Crippen LogP contribution is 2.27. The van der Waals surface area contributed by atoms with Crippen LogP contribution in [0.15, 0.2) is 77.7 Å². The summed E-state index contributed by atoms with van der Waals surface area (Å²) in [5.74, 6) is -0.364. The fourth-order valence-corrected chi connectivity index (χ4v) is 4.83. The molecule has 1 aliphatic heterocycles. The van der Waals surface area contributed by atoms with Crippen LogP contribution in [0.5, 0.6) is 0 Å². The summed E-state index contributed by atoms with van der Waals surface area (Å²) in [6, 6.07) is 21.9. The largest absolute Gasteiger partial charge is 0.465 e. The Morgan fingerprint density at radius 3 is 2.39 bits per heavy atom. The number of piperazine rings is 1. The number of ether oxygens (including phenoxy) is 1. The van der Waals surface area contributed by atoms with Gasteiger partial charge in [0.25, 0.3) is 5.56 Å². The van der Waals surface area contributed by atoms with Crippen LogP contribution in [0.3, 0.4) is 0 Å². The van der Waals surface area contributed by atoms with Crippen LogP contribution in [0.25, 0.3) is 21.9 Å². The normalized spacial score (nSPS) is 14.2. The number of esters is 1. The standard InChI is InChI=1S/C30H31N3O3/c1-21-4-7-25(30(35)36-3)19-28(21)23-8-11-27-24(18-23)12-13-33(29(27)34)20-22-5-9-26(10-6-22)32-16-14-31(2)15-17-32/h4-13,18-19H,14-17,20H2,1-3H3. The van der Waals surface area contributed by atoms with E-state index in [0.717, 1.165) is 53.8 Å². The molecule has 0 spiro atoms. The molecule has 0 aliphatic carbocycles. The molecule has 0 N–H and O–H groups in total. The van der Waals surface area contributed by atoms with Crippen molar-refractivity contribution >= 4 is 22.4 Å². The molecule has 1 aliphatic rings. The number of aromatic nitrogens is 1. The fourth-order valence-electron chi connectivity index (χ4n) is 4.83. The van der Waals surface area contributed by atoms with E-state index in [2.05, 4.69) is 41.1 Å². The molecule has 0 saturated carbocycles. The van der Waals surface area contributed by atoms with Crippen LogP contribution in [0.2, 0.25) is 0 Å². The summed E-state index contributed by atoms with van der Waals surface area (Å²) in [6.07, 6.45) is 1.86.